The van der Waals surface area contributed by atoms with E-state index < -0.39 is 68.1 Å². The van der Waals surface area contributed by atoms with Crippen molar-refractivity contribution in [3.05, 3.63) is 89.5 Å². The molecule has 6 atom stereocenters. The van der Waals surface area contributed by atoms with Crippen LogP contribution in [0, 0.1) is 30.6 Å². The van der Waals surface area contributed by atoms with Crippen LogP contribution >= 0.6 is 0 Å². The fourth-order valence-electron chi connectivity index (χ4n) is 11.8. The van der Waals surface area contributed by atoms with E-state index in [1.54, 1.807) is 7.11 Å². The third-order valence-corrected chi connectivity index (χ3v) is 27.5. The van der Waals surface area contributed by atoms with E-state index in [2.05, 4.69) is 77.9 Å². The van der Waals surface area contributed by atoms with E-state index in [4.69, 9.17) is 14.2 Å². The number of aryl methyl sites for hydroxylation is 1. The molecule has 0 bridgehead atoms. The Morgan fingerprint density at radius 2 is 1.00 bits per heavy atom. The van der Waals surface area contributed by atoms with Crippen LogP contribution in [0.25, 0.3) is 0 Å². The number of benzene rings is 3. The summed E-state index contributed by atoms with van der Waals surface area (Å²) in [6.45, 7) is 16.6. The molecule has 91 heavy (non-hydrogen) atoms. The number of ether oxygens (including phenoxy) is 3. The van der Waals surface area contributed by atoms with E-state index in [9.17, 15) is 79.1 Å². The van der Waals surface area contributed by atoms with Crippen molar-refractivity contribution in [2.75, 3.05) is 64.6 Å². The Balaban J connectivity index is 0.000000220. The predicted molar refractivity (Wildman–Crippen MR) is 332 cm³/mol. The first kappa shape index (κ1) is 77.9. The van der Waals surface area contributed by atoms with E-state index in [1.807, 2.05) is 50.2 Å². The number of alkyl halides is 12. The van der Waals surface area contributed by atoms with Crippen LogP contribution in [0.3, 0.4) is 0 Å². The second-order valence-electron chi connectivity index (χ2n) is 25.3. The van der Waals surface area contributed by atoms with Crippen LogP contribution in [0.15, 0.2) is 82.6 Å². The zero-order valence-electron chi connectivity index (χ0n) is 53.7. The highest BCUT2D eigenvalue weighted by molar-refractivity contribution is 7.99. The summed E-state index contributed by atoms with van der Waals surface area (Å²) >= 11 is 0. The third-order valence-electron chi connectivity index (χ3n) is 18.3. The lowest BCUT2D eigenvalue weighted by Crippen LogP contribution is -2.61. The fraction of sp³-hybridized carbons (Fsp3) is 0.688. The van der Waals surface area contributed by atoms with E-state index in [-0.39, 0.29) is 120 Å². The van der Waals surface area contributed by atoms with Crippen LogP contribution < -0.4 is 4.74 Å². The Morgan fingerprint density at radius 1 is 0.604 bits per heavy atom. The van der Waals surface area contributed by atoms with Gasteiger partial charge in [-0.3, -0.25) is 4.79 Å². The number of nitrogens with zero attached hydrogens (tertiary/aromatic N) is 2. The SMILES string of the molecule is CC(F)(F)C(F)(F)C(F)(F)S(=O)(=O)N1CCC2CCCCC2C1.CC(F)(F)C(F)(F)C(F)(F)S(=O)(=O)N1CCC2CCCCC2C1.CCC(C)(C)c1ccc(C(=O)C(C)(C)[S+]2CCOCC2)cc1.CCOC(=O)C(C)[S+](c1ccc(C)cc1)c1ccc(OC)cc1. The summed E-state index contributed by atoms with van der Waals surface area (Å²) in [5.41, 5.74) is 3.52. The summed E-state index contributed by atoms with van der Waals surface area (Å²) in [6.07, 6.45) is 8.16. The lowest BCUT2D eigenvalue weighted by molar-refractivity contribution is -0.272. The second kappa shape index (κ2) is 31.0. The van der Waals surface area contributed by atoms with Crippen LogP contribution in [0.1, 0.15) is 154 Å². The number of hydrogen-bond acceptors (Lipinski definition) is 9. The van der Waals surface area contributed by atoms with Crippen LogP contribution in [0.4, 0.5) is 52.7 Å². The number of hydrogen-bond donors (Lipinski definition) is 0. The normalized spacial score (nSPS) is 22.0. The topological polar surface area (TPSA) is 137 Å². The van der Waals surface area contributed by atoms with Gasteiger partial charge in [-0.05, 0) is 138 Å². The third kappa shape index (κ3) is 17.6. The molecule has 3 aromatic carbocycles. The highest BCUT2D eigenvalue weighted by Gasteiger charge is 2.78. The molecule has 5 aliphatic rings. The summed E-state index contributed by atoms with van der Waals surface area (Å²) in [5, 5.41) is -12.0. The molecule has 3 aromatic rings. The number of esters is 1. The number of piperidine rings is 2. The fourth-order valence-corrected chi connectivity index (χ4v) is 19.4. The first-order chi connectivity index (χ1) is 42.0. The quantitative estimate of drug-likeness (QED) is 0.0497. The van der Waals surface area contributed by atoms with Gasteiger partial charge in [0.05, 0.1) is 37.8 Å². The maximum Gasteiger partial charge on any atom is 0.427 e. The molecule has 3 aliphatic heterocycles. The van der Waals surface area contributed by atoms with Gasteiger partial charge >= 0.3 is 40.2 Å². The molecule has 3 saturated heterocycles. The summed E-state index contributed by atoms with van der Waals surface area (Å²) in [4.78, 5) is 27.5. The standard InChI is InChI=1S/C19H23O3S.C19H29O2S.2C13H19F6NO2S/c1-5-22-19(20)15(3)23(17-10-6-14(2)7-11-17)18-12-8-16(21-4)9-13-18;1-6-18(2,3)16-9-7-15(8-10-16)17(20)19(4,5)22-13-11-21-12-14-22;2*1-11(14,15)12(16,17)13(18,19)23(21,22)20-7-6-9-4-2-3-5-10(9)8-20/h6-13,15H,5H2,1-4H3;7-10H,6,11-14H2,1-5H3;2*9-10H,2-8H2,1H3/q2*+1;;. The van der Waals surface area contributed by atoms with Crippen molar-refractivity contribution in [3.63, 3.8) is 0 Å². The average Bonchev–Trinajstić information content (AvgIpc) is 0.739. The number of rotatable bonds is 19. The monoisotopic (exact) mass is 1390 g/mol. The van der Waals surface area contributed by atoms with Crippen molar-refractivity contribution in [2.45, 2.75) is 199 Å². The van der Waals surface area contributed by atoms with Gasteiger partial charge < -0.3 is 14.2 Å². The van der Waals surface area contributed by atoms with E-state index in [1.165, 1.54) is 11.1 Å². The maximum atomic E-state index is 13.8. The molecular formula is C64H90F12N2O9S4+2. The van der Waals surface area contributed by atoms with Crippen molar-refractivity contribution in [2.24, 2.45) is 23.7 Å². The number of carbonyl (C=O) groups is 2. The van der Waals surface area contributed by atoms with Gasteiger partial charge in [0.1, 0.15) is 17.3 Å². The highest BCUT2D eigenvalue weighted by atomic mass is 32.2. The number of fused-ring (bicyclic) bond motifs is 2. The first-order valence-corrected chi connectivity index (χ1v) is 36.5. The summed E-state index contributed by atoms with van der Waals surface area (Å²) < 4.78 is 224. The minimum atomic E-state index is -5.98. The smallest absolute Gasteiger partial charge is 0.427 e. The van der Waals surface area contributed by atoms with E-state index in [0.717, 1.165) is 90.8 Å². The zero-order valence-corrected chi connectivity index (χ0v) is 57.0. The molecule has 2 aliphatic carbocycles. The van der Waals surface area contributed by atoms with Gasteiger partial charge in [0.25, 0.3) is 20.0 Å². The molecular weight excluding hydrogens is 1300 g/mol. The van der Waals surface area contributed by atoms with Crippen molar-refractivity contribution < 1.29 is 93.3 Å². The Morgan fingerprint density at radius 3 is 1.37 bits per heavy atom. The van der Waals surface area contributed by atoms with Crippen molar-refractivity contribution in [3.8, 4) is 5.75 Å². The number of ketones is 1. The van der Waals surface area contributed by atoms with Crippen LogP contribution in [0.5, 0.6) is 5.75 Å². The number of carbonyl (C=O) groups excluding carboxylic acids is 2. The summed E-state index contributed by atoms with van der Waals surface area (Å²) in [6, 6.07) is 24.5. The molecule has 516 valence electrons. The first-order valence-electron chi connectivity index (χ1n) is 30.8. The van der Waals surface area contributed by atoms with E-state index >= 15 is 0 Å². The number of halogens is 12. The second-order valence-corrected chi connectivity index (χ2v) is 34.4. The van der Waals surface area contributed by atoms with Crippen LogP contribution in [-0.4, -0.2) is 146 Å². The Bertz CT molecular complexity index is 2970. The lowest BCUT2D eigenvalue weighted by Gasteiger charge is -2.42. The van der Waals surface area contributed by atoms with Gasteiger partial charge in [-0.2, -0.15) is 61.3 Å². The lowest BCUT2D eigenvalue weighted by atomic mass is 9.76. The number of Topliss-reactive ketones (excluding diaryl/α,β-unsaturated/α-hetero) is 1. The molecule has 11 nitrogen and oxygen atoms in total. The Labute approximate surface area is 535 Å². The molecule has 0 aromatic heterocycles. The Kier molecular flexibility index (Phi) is 26.5. The molecule has 0 spiro atoms. The van der Waals surface area contributed by atoms with Gasteiger partial charge in [-0.1, -0.05) is 101 Å². The van der Waals surface area contributed by atoms with Crippen molar-refractivity contribution in [1.29, 1.82) is 0 Å². The van der Waals surface area contributed by atoms with Gasteiger partial charge in [0.15, 0.2) is 14.5 Å². The maximum absolute atomic E-state index is 13.8. The van der Waals surface area contributed by atoms with Crippen LogP contribution in [0.2, 0.25) is 0 Å². The highest BCUT2D eigenvalue weighted by Crippen LogP contribution is 2.52. The van der Waals surface area contributed by atoms with Gasteiger partial charge in [0, 0.05) is 56.5 Å². The van der Waals surface area contributed by atoms with Gasteiger partial charge in [-0.25, -0.2) is 21.6 Å². The molecule has 0 N–H and O–H groups in total. The Hall–Kier alpha value is -3.76. The summed E-state index contributed by atoms with van der Waals surface area (Å²) in [5.74, 6) is -19.3. The zero-order chi connectivity index (χ0) is 68.6. The molecule has 6 unspecified atom stereocenters. The predicted octanol–water partition coefficient (Wildman–Crippen LogP) is 15.4. The van der Waals surface area contributed by atoms with Crippen molar-refractivity contribution >= 4 is 53.6 Å². The minimum absolute atomic E-state index is 0.116. The average molecular weight is 1390 g/mol. The molecule has 0 amide bonds. The molecule has 27 heteroatoms. The largest absolute Gasteiger partial charge is 0.497 e. The van der Waals surface area contributed by atoms with Crippen molar-refractivity contribution in [1.82, 2.24) is 8.61 Å². The van der Waals surface area contributed by atoms with Gasteiger partial charge in [-0.15, -0.1) is 0 Å². The molecule has 5 fully saturated rings. The van der Waals surface area contributed by atoms with Crippen LogP contribution in [-0.2, 0) is 61.5 Å². The van der Waals surface area contributed by atoms with Gasteiger partial charge in [0.2, 0.25) is 11.0 Å². The molecule has 0 radical (unpaired) electrons. The summed E-state index contributed by atoms with van der Waals surface area (Å²) in [7, 11) is -10.4. The molecule has 8 rings (SSSR count). The van der Waals surface area contributed by atoms with E-state index in [0.29, 0.717) is 19.4 Å². The number of methoxy groups -OCH3 is 1. The number of sulfonamides is 2. The minimum Gasteiger partial charge on any atom is -0.497 e. The molecule has 2 saturated carbocycles. The molecule has 3 heterocycles.